The molecule has 0 N–H and O–H groups in total. The fourth-order valence-electron chi connectivity index (χ4n) is 4.21. The molecule has 1 unspecified atom stereocenters. The van der Waals surface area contributed by atoms with Gasteiger partial charge in [-0.3, -0.25) is 10.0 Å². The van der Waals surface area contributed by atoms with Crippen molar-refractivity contribution in [2.45, 2.75) is 12.5 Å². The van der Waals surface area contributed by atoms with Gasteiger partial charge in [-0.25, -0.2) is 0 Å². The number of para-hydroxylation sites is 1. The van der Waals surface area contributed by atoms with Gasteiger partial charge in [-0.15, -0.1) is 0 Å². The summed E-state index contributed by atoms with van der Waals surface area (Å²) < 4.78 is 0. The van der Waals surface area contributed by atoms with Crippen LogP contribution in [0.1, 0.15) is 29.2 Å². The van der Waals surface area contributed by atoms with Gasteiger partial charge >= 0.3 is 0 Å². The Morgan fingerprint density at radius 3 is 2.24 bits per heavy atom. The zero-order valence-electron chi connectivity index (χ0n) is 19.5. The van der Waals surface area contributed by atoms with Crippen molar-refractivity contribution in [3.63, 3.8) is 0 Å². The van der Waals surface area contributed by atoms with Gasteiger partial charge in [-0.2, -0.15) is 5.10 Å². The summed E-state index contributed by atoms with van der Waals surface area (Å²) in [7, 11) is 4.09. The molecule has 0 saturated heterocycles. The molecular weight excluding hydrogens is 416 g/mol. The van der Waals surface area contributed by atoms with Crippen molar-refractivity contribution in [2.24, 2.45) is 10.1 Å². The number of anilines is 2. The molecule has 0 radical (unpaired) electrons. The Bertz CT molecular complexity index is 1290. The van der Waals surface area contributed by atoms with Crippen molar-refractivity contribution in [3.8, 4) is 0 Å². The average Bonchev–Trinajstić information content (AvgIpc) is 3.35. The van der Waals surface area contributed by atoms with Gasteiger partial charge in [-0.05, 0) is 53.1 Å². The second-order valence-electron chi connectivity index (χ2n) is 8.65. The predicted molar refractivity (Wildman–Crippen MR) is 144 cm³/mol. The van der Waals surface area contributed by atoms with Gasteiger partial charge in [0.05, 0.1) is 23.1 Å². The minimum atomic E-state index is 0.168. The normalized spacial score (nSPS) is 15.5. The predicted octanol–water partition coefficient (Wildman–Crippen LogP) is 6.86. The Balaban J connectivity index is 1.41. The molecule has 0 bridgehead atoms. The largest absolute Gasteiger partial charge is 0.378 e. The van der Waals surface area contributed by atoms with E-state index in [0.29, 0.717) is 0 Å². The highest BCUT2D eigenvalue weighted by Gasteiger charge is 2.29. The van der Waals surface area contributed by atoms with E-state index >= 15 is 0 Å². The van der Waals surface area contributed by atoms with Crippen LogP contribution >= 0.6 is 0 Å². The number of nitrogens with zero attached hydrogens (tertiary/aromatic N) is 4. The number of hydrogen-bond acceptors (Lipinski definition) is 4. The van der Waals surface area contributed by atoms with Crippen molar-refractivity contribution in [3.05, 3.63) is 126 Å². The third-order valence-electron chi connectivity index (χ3n) is 6.07. The Labute approximate surface area is 201 Å². The second kappa shape index (κ2) is 9.75. The van der Waals surface area contributed by atoms with Crippen molar-refractivity contribution < 1.29 is 0 Å². The molecule has 168 valence electrons. The fraction of sp³-hybridized carbons (Fsp3) is 0.133. The Hall–Kier alpha value is -4.18. The van der Waals surface area contributed by atoms with Crippen LogP contribution in [-0.4, -0.2) is 26.0 Å². The van der Waals surface area contributed by atoms with Crippen LogP contribution in [0.5, 0.6) is 0 Å². The number of hydrogen-bond donors (Lipinski definition) is 0. The SMILES string of the molecule is CN(C)c1ccc(C=Nc2cccc(C3=NN(c4ccccc4)C(c4ccccc4)C3)c2)cc1. The van der Waals surface area contributed by atoms with Crippen LogP contribution in [0.25, 0.3) is 0 Å². The van der Waals surface area contributed by atoms with Crippen LogP contribution in [0.4, 0.5) is 17.1 Å². The van der Waals surface area contributed by atoms with Crippen LogP contribution in [0.3, 0.4) is 0 Å². The highest BCUT2D eigenvalue weighted by molar-refractivity contribution is 6.04. The third kappa shape index (κ3) is 4.76. The smallest absolute Gasteiger partial charge is 0.0831 e. The van der Waals surface area contributed by atoms with Crippen LogP contribution < -0.4 is 9.91 Å². The summed E-state index contributed by atoms with van der Waals surface area (Å²) in [6.45, 7) is 0. The first-order valence-corrected chi connectivity index (χ1v) is 11.6. The van der Waals surface area contributed by atoms with Crippen LogP contribution in [0, 0.1) is 0 Å². The molecule has 5 rings (SSSR count). The first-order chi connectivity index (χ1) is 16.7. The molecule has 1 aliphatic heterocycles. The van der Waals surface area contributed by atoms with Crippen molar-refractivity contribution in [1.29, 1.82) is 0 Å². The van der Waals surface area contributed by atoms with E-state index in [2.05, 4.69) is 107 Å². The van der Waals surface area contributed by atoms with E-state index in [9.17, 15) is 0 Å². The maximum atomic E-state index is 5.07. The first-order valence-electron chi connectivity index (χ1n) is 11.6. The molecule has 0 aromatic heterocycles. The zero-order valence-corrected chi connectivity index (χ0v) is 19.5. The molecule has 4 nitrogen and oxygen atoms in total. The first kappa shape index (κ1) is 21.7. The third-order valence-corrected chi connectivity index (χ3v) is 6.07. The van der Waals surface area contributed by atoms with Gasteiger partial charge in [0.2, 0.25) is 0 Å². The van der Waals surface area contributed by atoms with Gasteiger partial charge in [0.1, 0.15) is 0 Å². The Kier molecular flexibility index (Phi) is 6.21. The highest BCUT2D eigenvalue weighted by Crippen LogP contribution is 2.36. The van der Waals surface area contributed by atoms with Gasteiger partial charge in [0.15, 0.2) is 0 Å². The zero-order chi connectivity index (χ0) is 23.3. The molecule has 0 fully saturated rings. The molecule has 0 amide bonds. The average molecular weight is 445 g/mol. The summed E-state index contributed by atoms with van der Waals surface area (Å²) in [6.07, 6.45) is 2.76. The maximum absolute atomic E-state index is 5.07. The standard InChI is InChI=1S/C30H28N4/c1-33(2)27-18-16-23(17-19-27)22-31-26-13-9-12-25(20-26)29-21-30(24-10-5-3-6-11-24)34(32-29)28-14-7-4-8-15-28/h3-20,22,30H,21H2,1-2H3. The van der Waals surface area contributed by atoms with Gasteiger partial charge in [0, 0.05) is 32.4 Å². The quantitative estimate of drug-likeness (QED) is 0.304. The minimum Gasteiger partial charge on any atom is -0.378 e. The Morgan fingerprint density at radius 1 is 0.824 bits per heavy atom. The van der Waals surface area contributed by atoms with Gasteiger partial charge in [-0.1, -0.05) is 72.8 Å². The van der Waals surface area contributed by atoms with Crippen molar-refractivity contribution in [2.75, 3.05) is 24.0 Å². The molecule has 0 aliphatic carbocycles. The number of rotatable bonds is 6. The molecule has 4 aromatic rings. The topological polar surface area (TPSA) is 31.2 Å². The summed E-state index contributed by atoms with van der Waals surface area (Å²) in [5.41, 5.74) is 7.72. The monoisotopic (exact) mass is 444 g/mol. The van der Waals surface area contributed by atoms with Crippen LogP contribution in [0.2, 0.25) is 0 Å². The molecule has 0 spiro atoms. The van der Waals surface area contributed by atoms with Crippen LogP contribution in [-0.2, 0) is 0 Å². The van der Waals surface area contributed by atoms with Crippen molar-refractivity contribution >= 4 is 29.0 Å². The van der Waals surface area contributed by atoms with E-state index in [1.807, 2.05) is 32.4 Å². The Morgan fingerprint density at radius 2 is 1.53 bits per heavy atom. The maximum Gasteiger partial charge on any atom is 0.0831 e. The highest BCUT2D eigenvalue weighted by atomic mass is 15.5. The summed E-state index contributed by atoms with van der Waals surface area (Å²) in [4.78, 5) is 6.82. The van der Waals surface area contributed by atoms with Gasteiger partial charge in [0.25, 0.3) is 0 Å². The molecule has 1 heterocycles. The summed E-state index contributed by atoms with van der Waals surface area (Å²) >= 11 is 0. The second-order valence-corrected chi connectivity index (χ2v) is 8.65. The molecule has 4 heteroatoms. The molecule has 4 aromatic carbocycles. The minimum absolute atomic E-state index is 0.168. The molecular formula is C30H28N4. The molecule has 1 aliphatic rings. The van der Waals surface area contributed by atoms with E-state index in [0.717, 1.165) is 34.6 Å². The lowest BCUT2D eigenvalue weighted by molar-refractivity contribution is 0.709. The molecule has 0 saturated carbocycles. The van der Waals surface area contributed by atoms with Crippen molar-refractivity contribution in [1.82, 2.24) is 0 Å². The van der Waals surface area contributed by atoms with Gasteiger partial charge < -0.3 is 4.90 Å². The lowest BCUT2D eigenvalue weighted by Crippen LogP contribution is -2.18. The lowest BCUT2D eigenvalue weighted by atomic mass is 9.98. The summed E-state index contributed by atoms with van der Waals surface area (Å²) in [6, 6.07) is 37.9. The number of benzene rings is 4. The summed E-state index contributed by atoms with van der Waals surface area (Å²) in [5.74, 6) is 0. The van der Waals surface area contributed by atoms with E-state index in [1.165, 1.54) is 11.3 Å². The number of hydrazone groups is 1. The van der Waals surface area contributed by atoms with E-state index in [1.54, 1.807) is 0 Å². The number of aliphatic imine (C=N–C) groups is 1. The van der Waals surface area contributed by atoms with E-state index in [4.69, 9.17) is 10.1 Å². The van der Waals surface area contributed by atoms with Crippen LogP contribution in [0.15, 0.2) is 119 Å². The lowest BCUT2D eigenvalue weighted by Gasteiger charge is -2.23. The summed E-state index contributed by atoms with van der Waals surface area (Å²) in [5, 5.41) is 7.21. The fourth-order valence-corrected chi connectivity index (χ4v) is 4.21. The molecule has 1 atom stereocenters. The van der Waals surface area contributed by atoms with E-state index in [-0.39, 0.29) is 6.04 Å². The van der Waals surface area contributed by atoms with E-state index < -0.39 is 0 Å². The molecule has 34 heavy (non-hydrogen) atoms.